The summed E-state index contributed by atoms with van der Waals surface area (Å²) in [5.41, 5.74) is 1.07. The lowest BCUT2D eigenvalue weighted by molar-refractivity contribution is -0.137. The molecule has 1 amide bonds. The van der Waals surface area contributed by atoms with E-state index in [-0.39, 0.29) is 11.7 Å². The fourth-order valence-electron chi connectivity index (χ4n) is 3.67. The summed E-state index contributed by atoms with van der Waals surface area (Å²) in [7, 11) is 1.45. The molecule has 4 aromatic rings. The number of carbonyl (C=O) groups excluding carboxylic acids is 1. The Bertz CT molecular complexity index is 1380. The van der Waals surface area contributed by atoms with E-state index in [2.05, 4.69) is 15.3 Å². The lowest BCUT2D eigenvalue weighted by Crippen LogP contribution is -2.34. The molecule has 0 saturated carbocycles. The highest BCUT2D eigenvalue weighted by Gasteiger charge is 2.33. The minimum atomic E-state index is -4.44. The van der Waals surface area contributed by atoms with Crippen molar-refractivity contribution >= 4 is 22.5 Å². The number of phenols is 1. The van der Waals surface area contributed by atoms with Crippen molar-refractivity contribution in [2.24, 2.45) is 0 Å². The van der Waals surface area contributed by atoms with Gasteiger partial charge < -0.3 is 15.2 Å². The Morgan fingerprint density at radius 3 is 2.17 bits per heavy atom. The Balaban J connectivity index is 1.56. The normalized spacial score (nSPS) is 11.9. The van der Waals surface area contributed by atoms with E-state index < -0.39 is 17.2 Å². The molecular formula is C26H22F3N3O3. The van der Waals surface area contributed by atoms with E-state index in [1.54, 1.807) is 44.2 Å². The SMILES string of the molecule is COc1cc2c(-c3ccc(NC(=O)C(C)(C)c4ccc(C(F)(F)F)cc4)cc3)ncnc2cc1O. The molecule has 0 aliphatic carbocycles. The van der Waals surface area contributed by atoms with Gasteiger partial charge in [0.05, 0.1) is 29.3 Å². The van der Waals surface area contributed by atoms with Crippen LogP contribution in [-0.2, 0) is 16.4 Å². The van der Waals surface area contributed by atoms with Crippen LogP contribution in [-0.4, -0.2) is 28.1 Å². The van der Waals surface area contributed by atoms with Gasteiger partial charge in [0, 0.05) is 22.7 Å². The van der Waals surface area contributed by atoms with Crippen LogP contribution in [0.5, 0.6) is 11.5 Å². The van der Waals surface area contributed by atoms with Crippen LogP contribution >= 0.6 is 0 Å². The molecule has 0 aliphatic rings. The van der Waals surface area contributed by atoms with Crippen LogP contribution < -0.4 is 10.1 Å². The minimum Gasteiger partial charge on any atom is -0.504 e. The van der Waals surface area contributed by atoms with Crippen LogP contribution in [0.15, 0.2) is 67.0 Å². The standard InChI is InChI=1S/C26H22F3N3O3/c1-25(2,16-6-8-17(9-7-16)26(27,28)29)24(34)32-18-10-4-15(5-11-18)23-19-12-22(35-3)21(33)13-20(19)30-14-31-23/h4-14,33H,1-3H3,(H,32,34). The number of hydrogen-bond donors (Lipinski definition) is 2. The molecule has 35 heavy (non-hydrogen) atoms. The van der Waals surface area contributed by atoms with Gasteiger partial charge in [0.15, 0.2) is 11.5 Å². The number of amides is 1. The molecule has 0 unspecified atom stereocenters. The molecule has 0 atom stereocenters. The second-order valence-electron chi connectivity index (χ2n) is 8.50. The maximum absolute atomic E-state index is 13.0. The Kier molecular flexibility index (Phi) is 6.10. The number of methoxy groups -OCH3 is 1. The molecule has 0 bridgehead atoms. The number of nitrogens with zero attached hydrogens (tertiary/aromatic N) is 2. The number of aromatic hydroxyl groups is 1. The van der Waals surface area contributed by atoms with Gasteiger partial charge in [0.25, 0.3) is 0 Å². The predicted molar refractivity (Wildman–Crippen MR) is 126 cm³/mol. The zero-order valence-electron chi connectivity index (χ0n) is 19.1. The Morgan fingerprint density at radius 1 is 0.943 bits per heavy atom. The van der Waals surface area contributed by atoms with Crippen LogP contribution in [0.4, 0.5) is 18.9 Å². The monoisotopic (exact) mass is 481 g/mol. The molecule has 9 heteroatoms. The fourth-order valence-corrected chi connectivity index (χ4v) is 3.67. The quantitative estimate of drug-likeness (QED) is 0.368. The molecule has 0 spiro atoms. The highest BCUT2D eigenvalue weighted by atomic mass is 19.4. The molecule has 0 aliphatic heterocycles. The molecule has 3 aromatic carbocycles. The van der Waals surface area contributed by atoms with Gasteiger partial charge in [-0.25, -0.2) is 9.97 Å². The maximum Gasteiger partial charge on any atom is 0.416 e. The highest BCUT2D eigenvalue weighted by molar-refractivity contribution is 5.99. The summed E-state index contributed by atoms with van der Waals surface area (Å²) in [6.45, 7) is 3.30. The van der Waals surface area contributed by atoms with Crippen LogP contribution in [0, 0.1) is 0 Å². The van der Waals surface area contributed by atoms with Gasteiger partial charge in [0.1, 0.15) is 6.33 Å². The van der Waals surface area contributed by atoms with Crippen LogP contribution in [0.1, 0.15) is 25.0 Å². The number of phenolic OH excluding ortho intramolecular Hbond substituents is 1. The summed E-state index contributed by atoms with van der Waals surface area (Å²) >= 11 is 0. The first-order chi connectivity index (χ1) is 16.5. The number of nitrogens with one attached hydrogen (secondary N) is 1. The molecule has 4 rings (SSSR count). The maximum atomic E-state index is 13.0. The Morgan fingerprint density at radius 2 is 1.57 bits per heavy atom. The summed E-state index contributed by atoms with van der Waals surface area (Å²) in [4.78, 5) is 21.5. The van der Waals surface area contributed by atoms with E-state index in [4.69, 9.17) is 4.74 Å². The zero-order chi connectivity index (χ0) is 25.4. The molecule has 0 radical (unpaired) electrons. The topological polar surface area (TPSA) is 84.3 Å². The van der Waals surface area contributed by atoms with Gasteiger partial charge in [-0.1, -0.05) is 24.3 Å². The average Bonchev–Trinajstić information content (AvgIpc) is 2.83. The number of aromatic nitrogens is 2. The number of ether oxygens (including phenoxy) is 1. The van der Waals surface area contributed by atoms with Crippen molar-refractivity contribution in [3.05, 3.63) is 78.1 Å². The molecular weight excluding hydrogens is 459 g/mol. The summed E-state index contributed by atoms with van der Waals surface area (Å²) in [6, 6.07) is 14.7. The molecule has 0 fully saturated rings. The number of halogens is 3. The van der Waals surface area contributed by atoms with Crippen molar-refractivity contribution < 1.29 is 27.8 Å². The van der Waals surface area contributed by atoms with Gasteiger partial charge >= 0.3 is 6.18 Å². The number of hydrogen-bond acceptors (Lipinski definition) is 5. The van der Waals surface area contributed by atoms with E-state index in [0.29, 0.717) is 33.6 Å². The number of carbonyl (C=O) groups is 1. The van der Waals surface area contributed by atoms with Crippen molar-refractivity contribution in [3.63, 3.8) is 0 Å². The van der Waals surface area contributed by atoms with Crippen LogP contribution in [0.3, 0.4) is 0 Å². The predicted octanol–water partition coefficient (Wildman–Crippen LogP) is 5.95. The van der Waals surface area contributed by atoms with Gasteiger partial charge in [-0.3, -0.25) is 4.79 Å². The summed E-state index contributed by atoms with van der Waals surface area (Å²) < 4.78 is 43.8. The molecule has 180 valence electrons. The highest BCUT2D eigenvalue weighted by Crippen LogP contribution is 2.35. The molecule has 0 saturated heterocycles. The third kappa shape index (κ3) is 4.75. The second kappa shape index (κ2) is 8.90. The number of benzene rings is 3. The Hall–Kier alpha value is -4.14. The molecule has 6 nitrogen and oxygen atoms in total. The number of rotatable bonds is 5. The first kappa shape index (κ1) is 24.0. The van der Waals surface area contributed by atoms with Gasteiger partial charge in [-0.2, -0.15) is 13.2 Å². The summed E-state index contributed by atoms with van der Waals surface area (Å²) in [5, 5.41) is 13.5. The zero-order valence-corrected chi connectivity index (χ0v) is 19.1. The summed E-state index contributed by atoms with van der Waals surface area (Å²) in [5.74, 6) is -0.0981. The van der Waals surface area contributed by atoms with Crippen LogP contribution in [0.2, 0.25) is 0 Å². The largest absolute Gasteiger partial charge is 0.504 e. The number of fused-ring (bicyclic) bond motifs is 1. The smallest absolute Gasteiger partial charge is 0.416 e. The Labute approximate surface area is 199 Å². The number of alkyl halides is 3. The van der Waals surface area contributed by atoms with E-state index in [1.807, 2.05) is 0 Å². The van der Waals surface area contributed by atoms with Crippen molar-refractivity contribution in [1.29, 1.82) is 0 Å². The van der Waals surface area contributed by atoms with E-state index in [9.17, 15) is 23.1 Å². The third-order valence-corrected chi connectivity index (χ3v) is 5.85. The van der Waals surface area contributed by atoms with Gasteiger partial charge in [-0.15, -0.1) is 0 Å². The third-order valence-electron chi connectivity index (χ3n) is 5.85. The molecule has 1 aromatic heterocycles. The first-order valence-corrected chi connectivity index (χ1v) is 10.6. The molecule has 1 heterocycles. The van der Waals surface area contributed by atoms with Crippen molar-refractivity contribution in [3.8, 4) is 22.8 Å². The fraction of sp³-hybridized carbons (Fsp3) is 0.192. The number of anilines is 1. The van der Waals surface area contributed by atoms with Crippen LogP contribution in [0.25, 0.3) is 22.2 Å². The van der Waals surface area contributed by atoms with Crippen molar-refractivity contribution in [1.82, 2.24) is 9.97 Å². The van der Waals surface area contributed by atoms with E-state index >= 15 is 0 Å². The van der Waals surface area contributed by atoms with Crippen molar-refractivity contribution in [2.75, 3.05) is 12.4 Å². The molecule has 2 N–H and O–H groups in total. The van der Waals surface area contributed by atoms with E-state index in [1.165, 1.54) is 31.6 Å². The lowest BCUT2D eigenvalue weighted by atomic mass is 9.83. The summed E-state index contributed by atoms with van der Waals surface area (Å²) in [6.07, 6.45) is -3.04. The lowest BCUT2D eigenvalue weighted by Gasteiger charge is -2.24. The minimum absolute atomic E-state index is 0.0293. The first-order valence-electron chi connectivity index (χ1n) is 10.6. The van der Waals surface area contributed by atoms with Gasteiger partial charge in [0.2, 0.25) is 5.91 Å². The van der Waals surface area contributed by atoms with E-state index in [0.717, 1.165) is 17.7 Å². The average molecular weight is 481 g/mol. The second-order valence-corrected chi connectivity index (χ2v) is 8.50. The van der Waals surface area contributed by atoms with Gasteiger partial charge in [-0.05, 0) is 49.7 Å². The van der Waals surface area contributed by atoms with Crippen molar-refractivity contribution in [2.45, 2.75) is 25.4 Å².